The fourth-order valence-electron chi connectivity index (χ4n) is 1.81. The fourth-order valence-corrected chi connectivity index (χ4v) is 2.89. The third-order valence-electron chi connectivity index (χ3n) is 3.06. The summed E-state index contributed by atoms with van der Waals surface area (Å²) in [7, 11) is 0. The number of aldehydes is 1. The molecule has 0 spiro atoms. The summed E-state index contributed by atoms with van der Waals surface area (Å²) in [6.07, 6.45) is 4.31. The van der Waals surface area contributed by atoms with Gasteiger partial charge in [-0.25, -0.2) is 9.97 Å². The van der Waals surface area contributed by atoms with Crippen LogP contribution >= 0.6 is 24.4 Å². The summed E-state index contributed by atoms with van der Waals surface area (Å²) in [5.41, 5.74) is 5.55. The molecule has 5 N–H and O–H groups in total. The molecule has 0 saturated heterocycles. The average Bonchev–Trinajstić information content (AvgIpc) is 2.98. The highest BCUT2D eigenvalue weighted by atomic mass is 32.2. The lowest BCUT2D eigenvalue weighted by atomic mass is 10.2. The molecule has 0 unspecified atom stereocenters. The number of rotatable bonds is 7. The molecule has 1 amide bonds. The van der Waals surface area contributed by atoms with E-state index in [-0.39, 0.29) is 11.5 Å². The number of nitrogens with two attached hydrogens (primary N) is 1. The van der Waals surface area contributed by atoms with Gasteiger partial charge in [0.1, 0.15) is 12.1 Å². The quantitative estimate of drug-likeness (QED) is 0.367. The van der Waals surface area contributed by atoms with Crippen molar-refractivity contribution in [3.8, 4) is 0 Å². The van der Waals surface area contributed by atoms with E-state index in [1.54, 1.807) is 11.5 Å². The van der Waals surface area contributed by atoms with Crippen LogP contribution in [0.4, 0.5) is 11.6 Å². The highest BCUT2D eigenvalue weighted by molar-refractivity contribution is 8.07. The number of allylic oxidation sites excluding steroid dienone is 2. The Bertz CT molecular complexity index is 747. The van der Waals surface area contributed by atoms with Gasteiger partial charge in [-0.15, -0.1) is 12.6 Å². The molecule has 0 bridgehead atoms. The zero-order valence-electron chi connectivity index (χ0n) is 12.7. The van der Waals surface area contributed by atoms with Crippen LogP contribution in [0, 0.1) is 5.41 Å². The van der Waals surface area contributed by atoms with Crippen LogP contribution in [0.25, 0.3) is 0 Å². The van der Waals surface area contributed by atoms with Crippen molar-refractivity contribution >= 4 is 53.9 Å². The highest BCUT2D eigenvalue weighted by Crippen LogP contribution is 2.31. The summed E-state index contributed by atoms with van der Waals surface area (Å²) < 4.78 is 0. The van der Waals surface area contributed by atoms with Crippen LogP contribution in [0.3, 0.4) is 0 Å². The molecule has 0 fully saturated rings. The third-order valence-corrected chi connectivity index (χ3v) is 4.48. The summed E-state index contributed by atoms with van der Waals surface area (Å²) >= 11 is 5.65. The molecule has 1 aliphatic heterocycles. The third kappa shape index (κ3) is 4.15. The van der Waals surface area contributed by atoms with E-state index in [0.717, 1.165) is 6.29 Å². The summed E-state index contributed by atoms with van der Waals surface area (Å²) in [5.74, 6) is -0.330. The summed E-state index contributed by atoms with van der Waals surface area (Å²) in [6.45, 7) is 1.85. The largest absolute Gasteiger partial charge is 0.364 e. The van der Waals surface area contributed by atoms with Crippen molar-refractivity contribution in [3.63, 3.8) is 0 Å². The van der Waals surface area contributed by atoms with Gasteiger partial charge in [0, 0.05) is 0 Å². The summed E-state index contributed by atoms with van der Waals surface area (Å²) in [6, 6.07) is -0.414. The molecule has 8 nitrogen and oxygen atoms in total. The number of thiol groups is 1. The van der Waals surface area contributed by atoms with E-state index in [0.29, 0.717) is 27.9 Å². The van der Waals surface area contributed by atoms with Gasteiger partial charge in [-0.05, 0) is 17.9 Å². The number of thioether (sulfide) groups is 1. The molecular formula is C14H16N6O2S2. The van der Waals surface area contributed by atoms with Crippen LogP contribution in [-0.2, 0) is 4.79 Å². The van der Waals surface area contributed by atoms with Gasteiger partial charge < -0.3 is 21.2 Å². The minimum absolute atomic E-state index is 0.0608. The number of carbonyl (C=O) groups excluding carboxylic acids is 2. The van der Waals surface area contributed by atoms with E-state index in [1.807, 2.05) is 6.92 Å². The first-order valence-corrected chi connectivity index (χ1v) is 8.30. The minimum Gasteiger partial charge on any atom is -0.364 e. The molecule has 1 aliphatic rings. The van der Waals surface area contributed by atoms with Gasteiger partial charge in [0.2, 0.25) is 0 Å². The monoisotopic (exact) mass is 364 g/mol. The van der Waals surface area contributed by atoms with Crippen molar-refractivity contribution in [2.45, 2.75) is 19.4 Å². The Balaban J connectivity index is 2.33. The molecule has 0 radical (unpaired) electrons. The van der Waals surface area contributed by atoms with Crippen molar-refractivity contribution in [1.29, 1.82) is 5.41 Å². The molecule has 1 atom stereocenters. The van der Waals surface area contributed by atoms with E-state index in [9.17, 15) is 9.59 Å². The van der Waals surface area contributed by atoms with Gasteiger partial charge in [0.15, 0.2) is 11.5 Å². The van der Waals surface area contributed by atoms with Crippen molar-refractivity contribution in [3.05, 3.63) is 33.3 Å². The molecule has 1 aromatic rings. The standard InChI is InChI=1S/C14H16N6O2S2/c1-2-7(6-21)18-9-5-17-10(12(16)22)13(19-9)20-14(23)11-8(15)3-4-24-11/h3-7,15,23H,2H2,1H3,(H2,16,22)(H2,18,19,20)/b14-11+,15-8?/t7-/m1/s1. The maximum Gasteiger partial charge on any atom is 0.271 e. The molecule has 0 aliphatic carbocycles. The predicted molar refractivity (Wildman–Crippen MR) is 98.4 cm³/mol. The van der Waals surface area contributed by atoms with Crippen LogP contribution in [0.15, 0.2) is 27.6 Å². The number of nitrogens with zero attached hydrogens (tertiary/aromatic N) is 2. The maximum absolute atomic E-state index is 11.5. The Kier molecular flexibility index (Phi) is 5.99. The first-order valence-electron chi connectivity index (χ1n) is 6.97. The van der Waals surface area contributed by atoms with Gasteiger partial charge in [-0.3, -0.25) is 10.2 Å². The second kappa shape index (κ2) is 7.97. The van der Waals surface area contributed by atoms with Gasteiger partial charge in [0.25, 0.3) is 5.91 Å². The number of anilines is 2. The number of amides is 1. The van der Waals surface area contributed by atoms with E-state index in [1.165, 1.54) is 18.0 Å². The molecule has 24 heavy (non-hydrogen) atoms. The normalized spacial score (nSPS) is 16.7. The van der Waals surface area contributed by atoms with Crippen LogP contribution < -0.4 is 16.4 Å². The van der Waals surface area contributed by atoms with E-state index < -0.39 is 11.9 Å². The molecule has 1 aromatic heterocycles. The summed E-state index contributed by atoms with van der Waals surface area (Å²) in [4.78, 5) is 31.3. The molecular weight excluding hydrogens is 348 g/mol. The number of hydrogen-bond acceptors (Lipinski definition) is 9. The molecule has 0 aromatic carbocycles. The minimum atomic E-state index is -0.752. The number of carbonyl (C=O) groups is 2. The Morgan fingerprint density at radius 1 is 1.58 bits per heavy atom. The van der Waals surface area contributed by atoms with Crippen LogP contribution in [-0.4, -0.2) is 33.9 Å². The van der Waals surface area contributed by atoms with E-state index in [2.05, 4.69) is 33.2 Å². The van der Waals surface area contributed by atoms with Crippen LogP contribution in [0.2, 0.25) is 0 Å². The zero-order chi connectivity index (χ0) is 17.7. The number of aromatic nitrogens is 2. The Hall–Kier alpha value is -2.33. The molecule has 2 heterocycles. The Morgan fingerprint density at radius 3 is 2.88 bits per heavy atom. The SMILES string of the molecule is CC[C@H](C=O)Nc1cnc(C(N)=O)c(N/C(S)=C2\SC=CC2=N)n1. The molecule has 0 saturated carbocycles. The lowest BCUT2D eigenvalue weighted by molar-refractivity contribution is -0.108. The molecule has 2 rings (SSSR count). The number of hydrogen-bond donors (Lipinski definition) is 5. The number of primary amides is 1. The average molecular weight is 364 g/mol. The first kappa shape index (κ1) is 18.0. The van der Waals surface area contributed by atoms with Gasteiger partial charge in [0.05, 0.1) is 27.9 Å². The van der Waals surface area contributed by atoms with E-state index >= 15 is 0 Å². The molecule has 10 heteroatoms. The van der Waals surface area contributed by atoms with Crippen molar-refractivity contribution in [2.24, 2.45) is 5.73 Å². The maximum atomic E-state index is 11.5. The summed E-state index contributed by atoms with van der Waals surface area (Å²) in [5, 5.41) is 15.7. The van der Waals surface area contributed by atoms with E-state index in [4.69, 9.17) is 11.1 Å². The van der Waals surface area contributed by atoms with Crippen molar-refractivity contribution in [1.82, 2.24) is 9.97 Å². The Labute approximate surface area is 148 Å². The van der Waals surface area contributed by atoms with Gasteiger partial charge >= 0.3 is 0 Å². The predicted octanol–water partition coefficient (Wildman–Crippen LogP) is 1.76. The van der Waals surface area contributed by atoms with Crippen LogP contribution in [0.5, 0.6) is 0 Å². The van der Waals surface area contributed by atoms with Gasteiger partial charge in [-0.2, -0.15) is 0 Å². The topological polar surface area (TPSA) is 134 Å². The molecule has 126 valence electrons. The highest BCUT2D eigenvalue weighted by Gasteiger charge is 2.18. The van der Waals surface area contributed by atoms with Gasteiger partial charge in [-0.1, -0.05) is 18.7 Å². The zero-order valence-corrected chi connectivity index (χ0v) is 14.4. The second-order valence-corrected chi connectivity index (χ2v) is 6.11. The fraction of sp³-hybridized carbons (Fsp3) is 0.214. The van der Waals surface area contributed by atoms with Crippen molar-refractivity contribution in [2.75, 3.05) is 10.6 Å². The lowest BCUT2D eigenvalue weighted by Gasteiger charge is -2.14. The van der Waals surface area contributed by atoms with Crippen LogP contribution in [0.1, 0.15) is 23.8 Å². The smallest absolute Gasteiger partial charge is 0.271 e. The second-order valence-electron chi connectivity index (χ2n) is 4.75. The Morgan fingerprint density at radius 2 is 2.33 bits per heavy atom. The lowest BCUT2D eigenvalue weighted by Crippen LogP contribution is -2.22. The number of nitrogens with one attached hydrogen (secondary N) is 3. The first-order chi connectivity index (χ1) is 11.5. The van der Waals surface area contributed by atoms with Crippen molar-refractivity contribution < 1.29 is 9.59 Å².